The summed E-state index contributed by atoms with van der Waals surface area (Å²) in [5.74, 6) is -1.27. The minimum Gasteiger partial charge on any atom is -0.481 e. The lowest BCUT2D eigenvalue weighted by Crippen LogP contribution is -2.08. The summed E-state index contributed by atoms with van der Waals surface area (Å²) in [6, 6.07) is 5.54. The fourth-order valence-electron chi connectivity index (χ4n) is 2.22. The molecule has 0 saturated carbocycles. The van der Waals surface area contributed by atoms with Crippen molar-refractivity contribution in [3.8, 4) is 0 Å². The monoisotopic (exact) mass is 372 g/mol. The Morgan fingerprint density at radius 3 is 3.05 bits per heavy atom. The van der Waals surface area contributed by atoms with E-state index in [2.05, 4.69) is 26.2 Å². The first kappa shape index (κ1) is 13.9. The number of thiazole rings is 1. The zero-order valence-corrected chi connectivity index (χ0v) is 13.3. The molecule has 1 heterocycles. The van der Waals surface area contributed by atoms with Crippen molar-refractivity contribution in [3.63, 3.8) is 0 Å². The molecule has 0 saturated heterocycles. The predicted molar refractivity (Wildman–Crippen MR) is 83.2 cm³/mol. The minimum absolute atomic E-state index is 0.467. The number of carboxylic acid groups (broad SMARTS) is 1. The number of aromatic nitrogens is 1. The Labute approximate surface area is 132 Å². The van der Waals surface area contributed by atoms with Crippen LogP contribution in [0.3, 0.4) is 0 Å². The van der Waals surface area contributed by atoms with Crippen LogP contribution in [0.25, 0.3) is 0 Å². The molecule has 1 aliphatic carbocycles. The van der Waals surface area contributed by atoms with Gasteiger partial charge >= 0.3 is 5.97 Å². The van der Waals surface area contributed by atoms with Gasteiger partial charge in [-0.2, -0.15) is 0 Å². The van der Waals surface area contributed by atoms with Crippen molar-refractivity contribution in [1.82, 2.24) is 4.98 Å². The molecular formula is C13H10BrClN2O2S. The number of halogens is 2. The Morgan fingerprint density at radius 1 is 1.55 bits per heavy atom. The highest BCUT2D eigenvalue weighted by molar-refractivity contribution is 9.10. The summed E-state index contributed by atoms with van der Waals surface area (Å²) in [5, 5.41) is 13.6. The summed E-state index contributed by atoms with van der Waals surface area (Å²) in [5.41, 5.74) is 1.53. The van der Waals surface area contributed by atoms with Crippen LogP contribution in [-0.2, 0) is 11.2 Å². The molecule has 1 aliphatic rings. The van der Waals surface area contributed by atoms with Crippen LogP contribution in [0.2, 0.25) is 5.02 Å². The van der Waals surface area contributed by atoms with Crippen molar-refractivity contribution in [2.75, 3.05) is 5.32 Å². The smallest absolute Gasteiger partial charge is 0.312 e. The highest BCUT2D eigenvalue weighted by Gasteiger charge is 2.32. The highest BCUT2D eigenvalue weighted by Crippen LogP contribution is 2.39. The maximum Gasteiger partial charge on any atom is 0.312 e. The molecule has 0 spiro atoms. The Morgan fingerprint density at radius 2 is 2.35 bits per heavy atom. The first-order chi connectivity index (χ1) is 9.54. The van der Waals surface area contributed by atoms with Gasteiger partial charge in [0, 0.05) is 15.0 Å². The molecular weight excluding hydrogens is 364 g/mol. The number of carboxylic acids is 1. The van der Waals surface area contributed by atoms with Gasteiger partial charge in [-0.25, -0.2) is 4.98 Å². The number of hydrogen-bond acceptors (Lipinski definition) is 4. The summed E-state index contributed by atoms with van der Waals surface area (Å²) in [4.78, 5) is 16.6. The number of aliphatic carboxylic acids is 1. The van der Waals surface area contributed by atoms with E-state index in [0.29, 0.717) is 22.3 Å². The molecule has 2 aromatic rings. The predicted octanol–water partition coefficient (Wildman–Crippen LogP) is 4.42. The average molecular weight is 374 g/mol. The number of nitrogens with one attached hydrogen (secondary N) is 1. The van der Waals surface area contributed by atoms with E-state index in [4.69, 9.17) is 16.7 Å². The maximum atomic E-state index is 11.1. The van der Waals surface area contributed by atoms with E-state index in [1.165, 1.54) is 11.3 Å². The van der Waals surface area contributed by atoms with E-state index in [9.17, 15) is 4.79 Å². The van der Waals surface area contributed by atoms with Gasteiger partial charge in [-0.3, -0.25) is 4.79 Å². The van der Waals surface area contributed by atoms with E-state index in [1.807, 2.05) is 12.1 Å². The Hall–Kier alpha value is -1.11. The molecule has 3 rings (SSSR count). The van der Waals surface area contributed by atoms with Gasteiger partial charge in [0.05, 0.1) is 10.7 Å². The number of anilines is 2. The molecule has 1 aromatic heterocycles. The third-order valence-electron chi connectivity index (χ3n) is 3.19. The van der Waals surface area contributed by atoms with Crippen molar-refractivity contribution >= 4 is 55.7 Å². The number of benzene rings is 1. The molecule has 1 atom stereocenters. The number of rotatable bonds is 3. The second kappa shape index (κ2) is 5.35. The molecule has 0 radical (unpaired) electrons. The zero-order valence-electron chi connectivity index (χ0n) is 10.2. The van der Waals surface area contributed by atoms with Crippen LogP contribution in [0.4, 0.5) is 10.8 Å². The third-order valence-corrected chi connectivity index (χ3v) is 5.47. The quantitative estimate of drug-likeness (QED) is 0.836. The van der Waals surface area contributed by atoms with Crippen LogP contribution >= 0.6 is 38.9 Å². The van der Waals surface area contributed by atoms with E-state index < -0.39 is 11.9 Å². The Kier molecular flexibility index (Phi) is 3.70. The molecule has 104 valence electrons. The number of hydrogen-bond donors (Lipinski definition) is 2. The lowest BCUT2D eigenvalue weighted by Gasteiger charge is -2.05. The standard InChI is InChI=1S/C13H10BrClN2O2S/c14-8-3-1-6(5-9(8)15)16-13-17-11-7(12(18)19)2-4-10(11)20-13/h1,3,5,7H,2,4H2,(H,16,17)(H,18,19). The molecule has 1 unspecified atom stereocenters. The fraction of sp³-hybridized carbons (Fsp3) is 0.231. The molecule has 20 heavy (non-hydrogen) atoms. The largest absolute Gasteiger partial charge is 0.481 e. The number of aryl methyl sites for hydroxylation is 1. The van der Waals surface area contributed by atoms with E-state index >= 15 is 0 Å². The molecule has 0 fully saturated rings. The molecule has 4 nitrogen and oxygen atoms in total. The summed E-state index contributed by atoms with van der Waals surface area (Å²) >= 11 is 10.9. The molecule has 0 bridgehead atoms. The normalized spacial score (nSPS) is 17.0. The molecule has 2 N–H and O–H groups in total. The van der Waals surface area contributed by atoms with Gasteiger partial charge in [0.15, 0.2) is 5.13 Å². The number of carbonyl (C=O) groups is 1. The van der Waals surface area contributed by atoms with Gasteiger partial charge in [0.2, 0.25) is 0 Å². The van der Waals surface area contributed by atoms with Crippen LogP contribution in [0.1, 0.15) is 22.9 Å². The first-order valence-corrected chi connectivity index (χ1v) is 7.98. The topological polar surface area (TPSA) is 62.2 Å². The average Bonchev–Trinajstić information content (AvgIpc) is 2.93. The Bertz CT molecular complexity index is 689. The second-order valence-corrected chi connectivity index (χ2v) is 6.86. The summed E-state index contributed by atoms with van der Waals surface area (Å²) < 4.78 is 0.831. The van der Waals surface area contributed by atoms with Crippen LogP contribution in [0, 0.1) is 0 Å². The van der Waals surface area contributed by atoms with E-state index in [-0.39, 0.29) is 0 Å². The van der Waals surface area contributed by atoms with Crippen LogP contribution in [0.5, 0.6) is 0 Å². The SMILES string of the molecule is O=C(O)C1CCc2sc(Nc3ccc(Br)c(Cl)c3)nc21. The lowest BCUT2D eigenvalue weighted by atomic mass is 10.1. The van der Waals surface area contributed by atoms with Crippen molar-refractivity contribution in [1.29, 1.82) is 0 Å². The van der Waals surface area contributed by atoms with Crippen molar-refractivity contribution in [2.45, 2.75) is 18.8 Å². The van der Waals surface area contributed by atoms with Crippen molar-refractivity contribution in [2.24, 2.45) is 0 Å². The van der Waals surface area contributed by atoms with E-state index in [1.54, 1.807) is 6.07 Å². The Balaban J connectivity index is 1.84. The van der Waals surface area contributed by atoms with Gasteiger partial charge < -0.3 is 10.4 Å². The van der Waals surface area contributed by atoms with Gasteiger partial charge in [-0.05, 0) is 47.0 Å². The second-order valence-electron chi connectivity index (χ2n) is 4.51. The fourth-order valence-corrected chi connectivity index (χ4v) is 3.70. The highest BCUT2D eigenvalue weighted by atomic mass is 79.9. The maximum absolute atomic E-state index is 11.1. The first-order valence-electron chi connectivity index (χ1n) is 5.99. The molecule has 1 aromatic carbocycles. The number of fused-ring (bicyclic) bond motifs is 1. The van der Waals surface area contributed by atoms with E-state index in [0.717, 1.165) is 21.5 Å². The van der Waals surface area contributed by atoms with Gasteiger partial charge in [0.25, 0.3) is 0 Å². The summed E-state index contributed by atoms with van der Waals surface area (Å²) in [6.45, 7) is 0. The van der Waals surface area contributed by atoms with Crippen LogP contribution < -0.4 is 5.32 Å². The minimum atomic E-state index is -0.799. The zero-order chi connectivity index (χ0) is 14.3. The van der Waals surface area contributed by atoms with Crippen molar-refractivity contribution < 1.29 is 9.90 Å². The van der Waals surface area contributed by atoms with Gasteiger partial charge in [-0.15, -0.1) is 11.3 Å². The lowest BCUT2D eigenvalue weighted by molar-refractivity contribution is -0.138. The molecule has 7 heteroatoms. The van der Waals surface area contributed by atoms with Gasteiger partial charge in [0.1, 0.15) is 5.92 Å². The third kappa shape index (κ3) is 2.55. The number of nitrogens with zero attached hydrogens (tertiary/aromatic N) is 1. The van der Waals surface area contributed by atoms with Crippen LogP contribution in [-0.4, -0.2) is 16.1 Å². The van der Waals surface area contributed by atoms with Crippen LogP contribution in [0.15, 0.2) is 22.7 Å². The summed E-state index contributed by atoms with van der Waals surface area (Å²) in [6.07, 6.45) is 1.43. The summed E-state index contributed by atoms with van der Waals surface area (Å²) in [7, 11) is 0. The van der Waals surface area contributed by atoms with Crippen molar-refractivity contribution in [3.05, 3.63) is 38.3 Å². The van der Waals surface area contributed by atoms with Gasteiger partial charge in [-0.1, -0.05) is 11.6 Å². The molecule has 0 amide bonds. The molecule has 0 aliphatic heterocycles.